The Labute approximate surface area is 243 Å². The maximum Gasteiger partial charge on any atom is 0.265 e. The summed E-state index contributed by atoms with van der Waals surface area (Å²) in [7, 11) is -1.31. The van der Waals surface area contributed by atoms with Crippen LogP contribution in [0.25, 0.3) is 0 Å². The molecule has 0 spiro atoms. The number of hydrogen-bond acceptors (Lipinski definition) is 6. The molecule has 11 heteroatoms. The number of nitrogens with zero attached hydrogens (tertiary/aromatic N) is 1. The van der Waals surface area contributed by atoms with Gasteiger partial charge in [0.2, 0.25) is 0 Å². The van der Waals surface area contributed by atoms with Gasteiger partial charge in [0.25, 0.3) is 10.0 Å². The highest BCUT2D eigenvalue weighted by molar-refractivity contribution is 14.1. The number of phenols is 1. The monoisotopic (exact) mass is 669 g/mol. The highest BCUT2D eigenvalue weighted by Crippen LogP contribution is 2.32. The number of anilines is 1. The first-order valence-corrected chi connectivity index (χ1v) is 14.6. The zero-order valence-corrected chi connectivity index (χ0v) is 25.7. The third kappa shape index (κ3) is 7.56. The van der Waals surface area contributed by atoms with Gasteiger partial charge in [0.15, 0.2) is 16.6 Å². The van der Waals surface area contributed by atoms with Crippen molar-refractivity contribution in [2.24, 2.45) is 0 Å². The molecule has 0 atom stereocenters. The summed E-state index contributed by atoms with van der Waals surface area (Å²) in [4.78, 5) is 5.28. The lowest BCUT2D eigenvalue weighted by atomic mass is 9.87. The van der Waals surface area contributed by atoms with Gasteiger partial charge in [0, 0.05) is 15.8 Å². The Morgan fingerprint density at radius 1 is 1.08 bits per heavy atom. The first kappa shape index (κ1) is 30.1. The Bertz CT molecular complexity index is 1390. The Hall–Kier alpha value is -2.45. The van der Waals surface area contributed by atoms with Crippen molar-refractivity contribution in [2.75, 3.05) is 19.5 Å². The van der Waals surface area contributed by atoms with Crippen LogP contribution in [-0.2, 0) is 33.4 Å². The summed E-state index contributed by atoms with van der Waals surface area (Å²) in [6, 6.07) is 17.8. The number of methoxy groups -OCH3 is 1. The number of benzene rings is 3. The van der Waals surface area contributed by atoms with E-state index in [1.54, 1.807) is 18.2 Å². The molecule has 38 heavy (non-hydrogen) atoms. The highest BCUT2D eigenvalue weighted by Gasteiger charge is 2.26. The molecule has 0 radical (unpaired) electrons. The van der Waals surface area contributed by atoms with Gasteiger partial charge in [-0.2, -0.15) is 0 Å². The summed E-state index contributed by atoms with van der Waals surface area (Å²) < 4.78 is 33.5. The van der Waals surface area contributed by atoms with E-state index in [-0.39, 0.29) is 28.4 Å². The smallest absolute Gasteiger partial charge is 0.265 e. The largest absolute Gasteiger partial charge is 0.504 e. The molecule has 204 valence electrons. The molecule has 0 unspecified atom stereocenters. The van der Waals surface area contributed by atoms with E-state index in [0.29, 0.717) is 26.5 Å². The second-order valence-corrected chi connectivity index (χ2v) is 12.9. The number of aromatic hydroxyl groups is 1. The average molecular weight is 670 g/mol. The van der Waals surface area contributed by atoms with Gasteiger partial charge >= 0.3 is 0 Å². The van der Waals surface area contributed by atoms with Crippen LogP contribution in [0.5, 0.6) is 11.5 Å². The lowest BCUT2D eigenvalue weighted by molar-refractivity contribution is -0.0558. The fourth-order valence-electron chi connectivity index (χ4n) is 3.59. The summed E-state index contributed by atoms with van der Waals surface area (Å²) >= 11 is 7.45. The molecule has 0 aliphatic heterocycles. The number of thiocarbonyl (C=S) groups is 1. The predicted octanol–water partition coefficient (Wildman–Crippen LogP) is 5.54. The van der Waals surface area contributed by atoms with Gasteiger partial charge in [0.1, 0.15) is 0 Å². The number of phenolic OH excluding ortho intramolecular Hbond substituents is 1. The van der Waals surface area contributed by atoms with Crippen LogP contribution in [0, 0.1) is 3.57 Å². The van der Waals surface area contributed by atoms with Gasteiger partial charge in [0.05, 0.1) is 25.7 Å². The van der Waals surface area contributed by atoms with Crippen molar-refractivity contribution < 1.29 is 23.1 Å². The molecule has 0 aliphatic rings. The van der Waals surface area contributed by atoms with E-state index >= 15 is 0 Å². The quantitative estimate of drug-likeness (QED) is 0.155. The number of rotatable bonds is 9. The van der Waals surface area contributed by atoms with Crippen LogP contribution in [0.1, 0.15) is 37.5 Å². The molecule has 0 bridgehead atoms. The first-order chi connectivity index (χ1) is 17.8. The van der Waals surface area contributed by atoms with Gasteiger partial charge in [-0.3, -0.25) is 4.84 Å². The van der Waals surface area contributed by atoms with E-state index in [4.69, 9.17) is 21.8 Å². The van der Waals surface area contributed by atoms with Gasteiger partial charge in [-0.25, -0.2) is 8.42 Å². The number of ether oxygens (including phenoxy) is 1. The number of hydroxylamine groups is 1. The number of halogens is 1. The van der Waals surface area contributed by atoms with E-state index in [1.807, 2.05) is 22.6 Å². The van der Waals surface area contributed by atoms with Crippen LogP contribution in [0.15, 0.2) is 65.6 Å². The van der Waals surface area contributed by atoms with E-state index in [2.05, 4.69) is 55.7 Å². The van der Waals surface area contributed by atoms with Gasteiger partial charge in [-0.15, -0.1) is 0 Å². The Morgan fingerprint density at radius 3 is 2.37 bits per heavy atom. The van der Waals surface area contributed by atoms with Gasteiger partial charge in [-0.1, -0.05) is 55.6 Å². The summed E-state index contributed by atoms with van der Waals surface area (Å²) in [6.45, 7) is 6.96. The molecule has 8 nitrogen and oxygen atoms in total. The Morgan fingerprint density at radius 2 is 1.76 bits per heavy atom. The topological polar surface area (TPSA) is 100 Å². The van der Waals surface area contributed by atoms with Crippen molar-refractivity contribution in [3.8, 4) is 11.5 Å². The second kappa shape index (κ2) is 12.6. The molecule has 0 heterocycles. The van der Waals surface area contributed by atoms with E-state index < -0.39 is 10.0 Å². The van der Waals surface area contributed by atoms with Gasteiger partial charge in [-0.05, 0) is 87.2 Å². The lowest BCUT2D eigenvalue weighted by Crippen LogP contribution is -2.30. The SMILES string of the molecule is COc1cc(CN(OC)S(=O)(=O)c2cccc(NC(=S)NCc3ccc(C(C)(C)C)cc3)c2)c(I)cc1O. The Balaban J connectivity index is 1.70. The summed E-state index contributed by atoms with van der Waals surface area (Å²) in [6.07, 6.45) is 0. The van der Waals surface area contributed by atoms with Crippen LogP contribution in [0.2, 0.25) is 0 Å². The van der Waals surface area contributed by atoms with Gasteiger partial charge < -0.3 is 20.5 Å². The molecular formula is C27H32IN3O5S2. The molecule has 3 N–H and O–H groups in total. The average Bonchev–Trinajstić information content (AvgIpc) is 2.87. The summed E-state index contributed by atoms with van der Waals surface area (Å²) in [5, 5.41) is 16.5. The van der Waals surface area contributed by atoms with Crippen LogP contribution in [-0.4, -0.2) is 37.3 Å². The van der Waals surface area contributed by atoms with Crippen molar-refractivity contribution in [1.82, 2.24) is 9.79 Å². The number of nitrogens with one attached hydrogen (secondary N) is 2. The van der Waals surface area contributed by atoms with Crippen LogP contribution in [0.4, 0.5) is 5.69 Å². The molecule has 0 aliphatic carbocycles. The molecule has 0 saturated heterocycles. The van der Waals surface area contributed by atoms with Crippen molar-refractivity contribution in [1.29, 1.82) is 0 Å². The van der Waals surface area contributed by atoms with Crippen LogP contribution >= 0.6 is 34.8 Å². The third-order valence-electron chi connectivity index (χ3n) is 5.78. The highest BCUT2D eigenvalue weighted by atomic mass is 127. The maximum atomic E-state index is 13.4. The lowest BCUT2D eigenvalue weighted by Gasteiger charge is -2.21. The minimum atomic E-state index is -4.02. The Kier molecular flexibility index (Phi) is 9.98. The molecule has 3 rings (SSSR count). The van der Waals surface area contributed by atoms with Crippen LogP contribution in [0.3, 0.4) is 0 Å². The molecule has 0 saturated carbocycles. The fraction of sp³-hybridized carbons (Fsp3) is 0.296. The zero-order valence-electron chi connectivity index (χ0n) is 21.9. The predicted molar refractivity (Wildman–Crippen MR) is 162 cm³/mol. The van der Waals surface area contributed by atoms with Crippen LogP contribution < -0.4 is 15.4 Å². The van der Waals surface area contributed by atoms with Crippen molar-refractivity contribution in [3.63, 3.8) is 0 Å². The van der Waals surface area contributed by atoms with Crippen molar-refractivity contribution in [2.45, 2.75) is 44.2 Å². The fourth-order valence-corrected chi connectivity index (χ4v) is 5.67. The molecule has 3 aromatic carbocycles. The maximum absolute atomic E-state index is 13.4. The van der Waals surface area contributed by atoms with Crippen molar-refractivity contribution >= 4 is 55.6 Å². The molecular weight excluding hydrogens is 637 g/mol. The molecule has 0 amide bonds. The summed E-state index contributed by atoms with van der Waals surface area (Å²) in [5.41, 5.74) is 3.55. The number of sulfonamides is 1. The zero-order chi connectivity index (χ0) is 28.1. The van der Waals surface area contributed by atoms with Crippen molar-refractivity contribution in [3.05, 3.63) is 80.9 Å². The normalized spacial score (nSPS) is 11.9. The third-order valence-corrected chi connectivity index (χ3v) is 8.70. The molecule has 0 fully saturated rings. The minimum Gasteiger partial charge on any atom is -0.504 e. The minimum absolute atomic E-state index is 0.0299. The molecule has 3 aromatic rings. The first-order valence-electron chi connectivity index (χ1n) is 11.7. The van der Waals surface area contributed by atoms with E-state index in [0.717, 1.165) is 10.0 Å². The standard InChI is InChI=1S/C27H32IN3O5S2/c1-27(2,3)20-11-9-18(10-12-20)16-29-26(37)30-21-7-6-8-22(14-21)38(33,34)31(36-5)17-19-13-25(35-4)24(32)15-23(19)28/h6-15,32H,16-17H2,1-5H3,(H2,29,30,37). The van der Waals surface area contributed by atoms with E-state index in [9.17, 15) is 13.5 Å². The molecule has 0 aromatic heterocycles. The second-order valence-electron chi connectivity index (χ2n) is 9.55. The van der Waals surface area contributed by atoms with E-state index in [1.165, 1.54) is 38.0 Å². The summed E-state index contributed by atoms with van der Waals surface area (Å²) in [5.74, 6) is 0.212. The number of hydrogen-bond donors (Lipinski definition) is 3.